The van der Waals surface area contributed by atoms with Crippen LogP contribution in [0.2, 0.25) is 0 Å². The van der Waals surface area contributed by atoms with Gasteiger partial charge >= 0.3 is 0 Å². The lowest BCUT2D eigenvalue weighted by atomic mass is 9.96. The molecule has 2 heterocycles. The van der Waals surface area contributed by atoms with E-state index in [9.17, 15) is 14.4 Å². The third-order valence-electron chi connectivity index (χ3n) is 5.39. The molecule has 2 aliphatic heterocycles. The molecule has 2 aliphatic rings. The fraction of sp³-hybridized carbons (Fsp3) is 0.571. The van der Waals surface area contributed by atoms with Crippen LogP contribution in [-0.4, -0.2) is 42.3 Å². The molecule has 2 saturated heterocycles. The summed E-state index contributed by atoms with van der Waals surface area (Å²) in [6.45, 7) is 6.29. The van der Waals surface area contributed by atoms with E-state index < -0.39 is 0 Å². The minimum Gasteiger partial charge on any atom is -0.352 e. The van der Waals surface area contributed by atoms with Crippen molar-refractivity contribution in [3.63, 3.8) is 0 Å². The molecule has 3 rings (SSSR count). The Morgan fingerprint density at radius 2 is 1.89 bits per heavy atom. The van der Waals surface area contributed by atoms with Gasteiger partial charge in [0.05, 0.1) is 5.92 Å². The van der Waals surface area contributed by atoms with E-state index in [0.29, 0.717) is 19.5 Å². The predicted molar refractivity (Wildman–Crippen MR) is 104 cm³/mol. The molecule has 0 radical (unpaired) electrons. The molecule has 1 N–H and O–H groups in total. The van der Waals surface area contributed by atoms with E-state index in [0.717, 1.165) is 43.6 Å². The van der Waals surface area contributed by atoms with E-state index >= 15 is 0 Å². The normalized spacial score (nSPS) is 20.3. The quantitative estimate of drug-likeness (QED) is 0.864. The van der Waals surface area contributed by atoms with Gasteiger partial charge < -0.3 is 15.1 Å². The second-order valence-corrected chi connectivity index (χ2v) is 7.81. The van der Waals surface area contributed by atoms with Crippen LogP contribution in [-0.2, 0) is 20.9 Å². The van der Waals surface area contributed by atoms with Gasteiger partial charge in [0.1, 0.15) is 0 Å². The van der Waals surface area contributed by atoms with Crippen molar-refractivity contribution >= 4 is 23.4 Å². The first-order valence-corrected chi connectivity index (χ1v) is 9.91. The van der Waals surface area contributed by atoms with Gasteiger partial charge in [-0.1, -0.05) is 26.0 Å². The van der Waals surface area contributed by atoms with Gasteiger partial charge in [-0.25, -0.2) is 0 Å². The smallest absolute Gasteiger partial charge is 0.227 e. The molecule has 0 saturated carbocycles. The van der Waals surface area contributed by atoms with Gasteiger partial charge in [0.2, 0.25) is 17.7 Å². The Balaban J connectivity index is 1.51. The molecule has 2 fully saturated rings. The summed E-state index contributed by atoms with van der Waals surface area (Å²) in [5.41, 5.74) is 1.92. The van der Waals surface area contributed by atoms with Crippen LogP contribution in [0.1, 0.15) is 45.1 Å². The first kappa shape index (κ1) is 19.4. The number of carbonyl (C=O) groups excluding carboxylic acids is 3. The van der Waals surface area contributed by atoms with Crippen LogP contribution in [0, 0.1) is 11.8 Å². The van der Waals surface area contributed by atoms with Crippen LogP contribution in [0.4, 0.5) is 5.69 Å². The summed E-state index contributed by atoms with van der Waals surface area (Å²) in [6, 6.07) is 7.79. The van der Waals surface area contributed by atoms with E-state index in [2.05, 4.69) is 5.32 Å². The number of likely N-dealkylation sites (tertiary alicyclic amines) is 1. The van der Waals surface area contributed by atoms with Crippen LogP contribution in [0.15, 0.2) is 24.3 Å². The SMILES string of the molecule is CC(C)C(=O)N1CCCC(C(=O)NCc2ccc(N3CCCC3=O)cc2)C1. The molecule has 6 heteroatoms. The molecule has 0 bridgehead atoms. The van der Waals surface area contributed by atoms with Gasteiger partial charge in [0.25, 0.3) is 0 Å². The molecule has 146 valence electrons. The number of amides is 3. The summed E-state index contributed by atoms with van der Waals surface area (Å²) >= 11 is 0. The fourth-order valence-electron chi connectivity index (χ4n) is 3.80. The van der Waals surface area contributed by atoms with Crippen LogP contribution < -0.4 is 10.2 Å². The highest BCUT2D eigenvalue weighted by Crippen LogP contribution is 2.22. The Bertz CT molecular complexity index is 699. The Morgan fingerprint density at radius 3 is 2.52 bits per heavy atom. The summed E-state index contributed by atoms with van der Waals surface area (Å²) in [7, 11) is 0. The number of hydrogen-bond donors (Lipinski definition) is 1. The average molecular weight is 371 g/mol. The van der Waals surface area contributed by atoms with Gasteiger partial charge in [0, 0.05) is 44.2 Å². The summed E-state index contributed by atoms with van der Waals surface area (Å²) in [4.78, 5) is 40.1. The molecular formula is C21H29N3O3. The van der Waals surface area contributed by atoms with E-state index in [-0.39, 0.29) is 29.6 Å². The van der Waals surface area contributed by atoms with Gasteiger partial charge in [0.15, 0.2) is 0 Å². The third kappa shape index (κ3) is 4.67. The molecule has 6 nitrogen and oxygen atoms in total. The number of carbonyl (C=O) groups is 3. The number of nitrogens with one attached hydrogen (secondary N) is 1. The maximum atomic E-state index is 12.5. The summed E-state index contributed by atoms with van der Waals surface area (Å²) in [5.74, 6) is 0.138. The number of hydrogen-bond acceptors (Lipinski definition) is 3. The number of rotatable bonds is 5. The lowest BCUT2D eigenvalue weighted by Crippen LogP contribution is -2.46. The number of anilines is 1. The van der Waals surface area contributed by atoms with Crippen LogP contribution in [0.3, 0.4) is 0 Å². The van der Waals surface area contributed by atoms with E-state index in [1.54, 1.807) is 0 Å². The van der Waals surface area contributed by atoms with Gasteiger partial charge in [-0.2, -0.15) is 0 Å². The van der Waals surface area contributed by atoms with Crippen LogP contribution in [0.5, 0.6) is 0 Å². The van der Waals surface area contributed by atoms with Gasteiger partial charge in [-0.3, -0.25) is 14.4 Å². The highest BCUT2D eigenvalue weighted by molar-refractivity contribution is 5.95. The average Bonchev–Trinajstić information content (AvgIpc) is 3.11. The molecule has 0 spiro atoms. The number of nitrogens with zero attached hydrogens (tertiary/aromatic N) is 2. The van der Waals surface area contributed by atoms with Crippen molar-refractivity contribution < 1.29 is 14.4 Å². The maximum Gasteiger partial charge on any atom is 0.227 e. The fourth-order valence-corrected chi connectivity index (χ4v) is 3.80. The molecule has 3 amide bonds. The molecule has 1 aromatic carbocycles. The van der Waals surface area contributed by atoms with Crippen molar-refractivity contribution in [1.82, 2.24) is 10.2 Å². The molecule has 0 aromatic heterocycles. The van der Waals surface area contributed by atoms with E-state index in [1.807, 2.05) is 47.9 Å². The number of benzene rings is 1. The van der Waals surface area contributed by atoms with Crippen molar-refractivity contribution in [2.24, 2.45) is 11.8 Å². The highest BCUT2D eigenvalue weighted by atomic mass is 16.2. The van der Waals surface area contributed by atoms with E-state index in [1.165, 1.54) is 0 Å². The zero-order valence-corrected chi connectivity index (χ0v) is 16.2. The van der Waals surface area contributed by atoms with Crippen molar-refractivity contribution in [3.05, 3.63) is 29.8 Å². The zero-order chi connectivity index (χ0) is 19.4. The van der Waals surface area contributed by atoms with Gasteiger partial charge in [-0.05, 0) is 37.0 Å². The summed E-state index contributed by atoms with van der Waals surface area (Å²) in [6.07, 6.45) is 3.22. The molecule has 1 unspecified atom stereocenters. The molecular weight excluding hydrogens is 342 g/mol. The second kappa shape index (κ2) is 8.55. The monoisotopic (exact) mass is 371 g/mol. The van der Waals surface area contributed by atoms with E-state index in [4.69, 9.17) is 0 Å². The largest absolute Gasteiger partial charge is 0.352 e. The van der Waals surface area contributed by atoms with Crippen molar-refractivity contribution in [1.29, 1.82) is 0 Å². The third-order valence-corrected chi connectivity index (χ3v) is 5.39. The second-order valence-electron chi connectivity index (χ2n) is 7.81. The Labute approximate surface area is 160 Å². The Morgan fingerprint density at radius 1 is 1.15 bits per heavy atom. The first-order chi connectivity index (χ1) is 13.0. The molecule has 27 heavy (non-hydrogen) atoms. The first-order valence-electron chi connectivity index (χ1n) is 9.91. The maximum absolute atomic E-state index is 12.5. The van der Waals surface area contributed by atoms with Gasteiger partial charge in [-0.15, -0.1) is 0 Å². The number of piperidine rings is 1. The van der Waals surface area contributed by atoms with Crippen LogP contribution >= 0.6 is 0 Å². The minimum absolute atomic E-state index is 0.00931. The van der Waals surface area contributed by atoms with Crippen molar-refractivity contribution in [2.45, 2.75) is 46.1 Å². The lowest BCUT2D eigenvalue weighted by molar-refractivity contribution is -0.138. The Kier molecular flexibility index (Phi) is 6.14. The zero-order valence-electron chi connectivity index (χ0n) is 16.2. The highest BCUT2D eigenvalue weighted by Gasteiger charge is 2.29. The van der Waals surface area contributed by atoms with Crippen LogP contribution in [0.25, 0.3) is 0 Å². The molecule has 1 aromatic rings. The molecule has 1 atom stereocenters. The summed E-state index contributed by atoms with van der Waals surface area (Å²) in [5, 5.41) is 3.00. The van der Waals surface area contributed by atoms with Crippen molar-refractivity contribution in [2.75, 3.05) is 24.5 Å². The standard InChI is InChI=1S/C21H29N3O3/c1-15(2)21(27)23-11-3-5-17(14-23)20(26)22-13-16-7-9-18(10-8-16)24-12-4-6-19(24)25/h7-10,15,17H,3-6,11-14H2,1-2H3,(H,22,26). The predicted octanol–water partition coefficient (Wildman–Crippen LogP) is 2.32. The summed E-state index contributed by atoms with van der Waals surface area (Å²) < 4.78 is 0. The lowest BCUT2D eigenvalue weighted by Gasteiger charge is -2.33. The topological polar surface area (TPSA) is 69.7 Å². The van der Waals surface area contributed by atoms with Crippen molar-refractivity contribution in [3.8, 4) is 0 Å². The molecule has 0 aliphatic carbocycles. The minimum atomic E-state index is -0.136. The Hall–Kier alpha value is -2.37.